The van der Waals surface area contributed by atoms with Gasteiger partial charge < -0.3 is 10.6 Å². The van der Waals surface area contributed by atoms with Crippen LogP contribution in [0.25, 0.3) is 0 Å². The number of hydrogen-bond acceptors (Lipinski definition) is 3. The molecule has 1 aromatic carbocycles. The van der Waals surface area contributed by atoms with Crippen LogP contribution >= 0.6 is 0 Å². The Hall–Kier alpha value is -2.20. The first kappa shape index (κ1) is 12.8. The second kappa shape index (κ2) is 5.43. The Labute approximate surface area is 118 Å². The number of pyridine rings is 1. The number of aryl methyl sites for hydroxylation is 1. The van der Waals surface area contributed by atoms with Crippen molar-refractivity contribution in [3.63, 3.8) is 0 Å². The molecule has 1 aromatic heterocycles. The average molecular weight is 267 g/mol. The number of aromatic nitrogens is 1. The summed E-state index contributed by atoms with van der Waals surface area (Å²) in [6, 6.07) is 11.7. The van der Waals surface area contributed by atoms with E-state index in [0.29, 0.717) is 0 Å². The van der Waals surface area contributed by atoms with Crippen LogP contribution in [0.2, 0.25) is 0 Å². The number of rotatable bonds is 2. The van der Waals surface area contributed by atoms with Crippen molar-refractivity contribution in [1.29, 1.82) is 0 Å². The quantitative estimate of drug-likeness (QED) is 0.875. The lowest BCUT2D eigenvalue weighted by atomic mass is 9.95. The number of anilines is 1. The predicted octanol–water partition coefficient (Wildman–Crippen LogP) is 2.04. The Balaban J connectivity index is 1.70. The van der Waals surface area contributed by atoms with Crippen molar-refractivity contribution in [3.05, 3.63) is 59.4 Å². The predicted molar refractivity (Wildman–Crippen MR) is 78.4 cm³/mol. The van der Waals surface area contributed by atoms with Crippen LogP contribution in [0.1, 0.15) is 16.8 Å². The molecule has 0 saturated carbocycles. The second-order valence-corrected chi connectivity index (χ2v) is 5.08. The lowest BCUT2D eigenvalue weighted by Crippen LogP contribution is -2.44. The second-order valence-electron chi connectivity index (χ2n) is 5.08. The summed E-state index contributed by atoms with van der Waals surface area (Å²) in [5.74, 6) is 0.00473. The Bertz CT molecular complexity index is 639. The first-order valence-corrected chi connectivity index (χ1v) is 6.76. The summed E-state index contributed by atoms with van der Waals surface area (Å²) < 4.78 is 0. The molecule has 0 radical (unpaired) electrons. The number of nitrogens with zero attached hydrogens (tertiary/aromatic N) is 1. The Kier molecular flexibility index (Phi) is 3.48. The van der Waals surface area contributed by atoms with Gasteiger partial charge in [0.2, 0.25) is 5.91 Å². The summed E-state index contributed by atoms with van der Waals surface area (Å²) in [6.45, 7) is 2.65. The molecule has 0 fully saturated rings. The molecule has 20 heavy (non-hydrogen) atoms. The normalized spacial score (nSPS) is 17.4. The molecule has 0 bridgehead atoms. The number of fused-ring (bicyclic) bond motifs is 1. The fraction of sp³-hybridized carbons (Fsp3) is 0.250. The molecule has 1 aliphatic heterocycles. The summed E-state index contributed by atoms with van der Waals surface area (Å²) in [5, 5.41) is 6.22. The number of carbonyl (C=O) groups is 1. The van der Waals surface area contributed by atoms with Crippen molar-refractivity contribution in [2.75, 3.05) is 5.32 Å². The molecular formula is C16H17N3O. The lowest BCUT2D eigenvalue weighted by Gasteiger charge is -2.25. The number of carbonyl (C=O) groups excluding carboxylic acids is 1. The summed E-state index contributed by atoms with van der Waals surface area (Å²) in [4.78, 5) is 16.4. The molecule has 0 saturated heterocycles. The van der Waals surface area contributed by atoms with Gasteiger partial charge in [-0.15, -0.1) is 0 Å². The highest BCUT2D eigenvalue weighted by Crippen LogP contribution is 2.17. The number of nitrogens with one attached hydrogen (secondary N) is 2. The smallest absolute Gasteiger partial charge is 0.241 e. The number of benzene rings is 1. The average Bonchev–Trinajstić information content (AvgIpc) is 2.47. The van der Waals surface area contributed by atoms with Crippen LogP contribution in [0.5, 0.6) is 0 Å². The summed E-state index contributed by atoms with van der Waals surface area (Å²) in [5.41, 5.74) is 4.21. The molecule has 2 heterocycles. The zero-order chi connectivity index (χ0) is 13.9. The first-order valence-electron chi connectivity index (χ1n) is 6.76. The Morgan fingerprint density at radius 2 is 2.10 bits per heavy atom. The molecular weight excluding hydrogens is 250 g/mol. The fourth-order valence-electron chi connectivity index (χ4n) is 2.49. The van der Waals surface area contributed by atoms with Gasteiger partial charge in [0.05, 0.1) is 6.04 Å². The van der Waals surface area contributed by atoms with Gasteiger partial charge in [-0.3, -0.25) is 9.78 Å². The van der Waals surface area contributed by atoms with E-state index in [1.165, 1.54) is 11.1 Å². The van der Waals surface area contributed by atoms with Gasteiger partial charge in [0, 0.05) is 24.1 Å². The standard InChI is InChI=1S/C16H17N3O/c1-11-8-14(6-7-17-11)19-16(20)15-9-12-4-2-3-5-13(12)10-18-15/h2-8,15,18H,9-10H2,1H3,(H,17,19,20)/t15-/m0/s1. The molecule has 4 heteroatoms. The van der Waals surface area contributed by atoms with Crippen LogP contribution in [0.3, 0.4) is 0 Å². The van der Waals surface area contributed by atoms with Crippen molar-refractivity contribution < 1.29 is 4.79 Å². The monoisotopic (exact) mass is 267 g/mol. The molecule has 3 rings (SSSR count). The molecule has 4 nitrogen and oxygen atoms in total. The Morgan fingerprint density at radius 1 is 1.30 bits per heavy atom. The minimum absolute atomic E-state index is 0.00473. The van der Waals surface area contributed by atoms with Crippen molar-refractivity contribution in [2.45, 2.75) is 25.9 Å². The maximum absolute atomic E-state index is 12.3. The molecule has 1 amide bonds. The zero-order valence-corrected chi connectivity index (χ0v) is 11.4. The van der Waals surface area contributed by atoms with Gasteiger partial charge in [0.25, 0.3) is 0 Å². The third-order valence-electron chi connectivity index (χ3n) is 3.56. The van der Waals surface area contributed by atoms with E-state index < -0.39 is 0 Å². The van der Waals surface area contributed by atoms with Gasteiger partial charge in [-0.2, -0.15) is 0 Å². The van der Waals surface area contributed by atoms with Crippen molar-refractivity contribution in [2.24, 2.45) is 0 Å². The van der Waals surface area contributed by atoms with Gasteiger partial charge in [0.1, 0.15) is 0 Å². The first-order chi connectivity index (χ1) is 9.72. The van der Waals surface area contributed by atoms with E-state index in [2.05, 4.69) is 27.8 Å². The van der Waals surface area contributed by atoms with Gasteiger partial charge >= 0.3 is 0 Å². The summed E-state index contributed by atoms with van der Waals surface area (Å²) >= 11 is 0. The van der Waals surface area contributed by atoms with Crippen molar-refractivity contribution in [1.82, 2.24) is 10.3 Å². The largest absolute Gasteiger partial charge is 0.325 e. The molecule has 1 aliphatic rings. The molecule has 0 unspecified atom stereocenters. The molecule has 102 valence electrons. The highest BCUT2D eigenvalue weighted by molar-refractivity contribution is 5.95. The van der Waals surface area contributed by atoms with E-state index in [-0.39, 0.29) is 11.9 Å². The molecule has 1 atom stereocenters. The molecule has 0 aliphatic carbocycles. The molecule has 2 N–H and O–H groups in total. The maximum Gasteiger partial charge on any atom is 0.241 e. The summed E-state index contributed by atoms with van der Waals surface area (Å²) in [7, 11) is 0. The Morgan fingerprint density at radius 3 is 2.90 bits per heavy atom. The van der Waals surface area contributed by atoms with Crippen LogP contribution in [0, 0.1) is 6.92 Å². The van der Waals surface area contributed by atoms with Crippen LogP contribution < -0.4 is 10.6 Å². The third kappa shape index (κ3) is 2.70. The van der Waals surface area contributed by atoms with Gasteiger partial charge in [0.15, 0.2) is 0 Å². The highest BCUT2D eigenvalue weighted by Gasteiger charge is 2.23. The third-order valence-corrected chi connectivity index (χ3v) is 3.56. The minimum atomic E-state index is -0.182. The molecule has 2 aromatic rings. The number of amides is 1. The van der Waals surface area contributed by atoms with Gasteiger partial charge in [-0.25, -0.2) is 0 Å². The van der Waals surface area contributed by atoms with Crippen LogP contribution in [-0.4, -0.2) is 16.9 Å². The van der Waals surface area contributed by atoms with E-state index in [1.807, 2.05) is 31.2 Å². The SMILES string of the molecule is Cc1cc(NC(=O)[C@@H]2Cc3ccccc3CN2)ccn1. The zero-order valence-electron chi connectivity index (χ0n) is 11.4. The molecule has 0 spiro atoms. The van der Waals surface area contributed by atoms with E-state index >= 15 is 0 Å². The van der Waals surface area contributed by atoms with E-state index in [1.54, 1.807) is 6.20 Å². The van der Waals surface area contributed by atoms with Crippen molar-refractivity contribution >= 4 is 11.6 Å². The van der Waals surface area contributed by atoms with Crippen LogP contribution in [0.15, 0.2) is 42.6 Å². The highest BCUT2D eigenvalue weighted by atomic mass is 16.2. The van der Waals surface area contributed by atoms with Crippen molar-refractivity contribution in [3.8, 4) is 0 Å². The fourth-order valence-corrected chi connectivity index (χ4v) is 2.49. The topological polar surface area (TPSA) is 54.0 Å². The van der Waals surface area contributed by atoms with Crippen LogP contribution in [0.4, 0.5) is 5.69 Å². The van der Waals surface area contributed by atoms with Crippen LogP contribution in [-0.2, 0) is 17.8 Å². The maximum atomic E-state index is 12.3. The van der Waals surface area contributed by atoms with E-state index in [4.69, 9.17) is 0 Å². The van der Waals surface area contributed by atoms with E-state index in [9.17, 15) is 4.79 Å². The number of hydrogen-bond donors (Lipinski definition) is 2. The minimum Gasteiger partial charge on any atom is -0.325 e. The van der Waals surface area contributed by atoms with Gasteiger partial charge in [-0.05, 0) is 36.6 Å². The van der Waals surface area contributed by atoms with E-state index in [0.717, 1.165) is 24.3 Å². The summed E-state index contributed by atoms with van der Waals surface area (Å²) in [6.07, 6.45) is 2.43. The lowest BCUT2D eigenvalue weighted by molar-refractivity contribution is -0.118. The van der Waals surface area contributed by atoms with Gasteiger partial charge in [-0.1, -0.05) is 24.3 Å².